The van der Waals surface area contributed by atoms with Crippen molar-refractivity contribution in [2.45, 2.75) is 114 Å². The first-order valence-electron chi connectivity index (χ1n) is 18.7. The van der Waals surface area contributed by atoms with Crippen LogP contribution in [0.5, 0.6) is 0 Å². The van der Waals surface area contributed by atoms with Gasteiger partial charge >= 0.3 is 6.09 Å². The molecule has 3 aromatic rings. The van der Waals surface area contributed by atoms with Gasteiger partial charge in [0.1, 0.15) is 17.7 Å². The third kappa shape index (κ3) is 10.1. The summed E-state index contributed by atoms with van der Waals surface area (Å²) in [6, 6.07) is 9.19. The molecule has 5 atom stereocenters. The van der Waals surface area contributed by atoms with Crippen LogP contribution in [0.2, 0.25) is 0 Å². The molecule has 1 saturated heterocycles. The van der Waals surface area contributed by atoms with Crippen molar-refractivity contribution in [1.82, 2.24) is 35.8 Å². The highest BCUT2D eigenvalue weighted by Gasteiger charge is 2.45. The average molecular weight is 749 g/mol. The van der Waals surface area contributed by atoms with Crippen LogP contribution in [0.4, 0.5) is 4.79 Å². The molecule has 16 nitrogen and oxygen atoms in total. The number of primary amides is 1. The second-order valence-electron chi connectivity index (χ2n) is 15.0. The number of rotatable bonds is 16. The molecule has 8 N–H and O–H groups in total. The maximum absolute atomic E-state index is 14.8. The number of carbonyl (C=O) groups excluding carboxylic acids is 4. The first kappa shape index (κ1) is 40.1. The standard InChI is InChI=1S/C38H52N8O8/c1-38(2,54)31-21-41-44-46(31)27-20-30(35(50)42-28(32(47)33(39)48)14-8-9-17-40-37(52)53)45(22-27)36(51)29(18-23-10-4-3-5-11-23)43-34(49)26-16-15-24-12-6-7-13-25(24)19-26/h6-7,12-13,15-16,19,21,23,27-30,32,40,47,54H,3-5,8-11,14,17-18,20,22H2,1-2H3,(H2,39,48)(H,42,50)(H,43,49)(H,52,53)/t27-,28?,29-,30+,32?/m1/s1. The summed E-state index contributed by atoms with van der Waals surface area (Å²) < 4.78 is 1.50. The van der Waals surface area contributed by atoms with Crippen LogP contribution in [0, 0.1) is 5.92 Å². The number of hydrogen-bond donors (Lipinski definition) is 7. The Morgan fingerprint density at radius 3 is 2.41 bits per heavy atom. The van der Waals surface area contributed by atoms with Crippen LogP contribution in [-0.2, 0) is 20.0 Å². The number of hydrogen-bond acceptors (Lipinski definition) is 9. The van der Waals surface area contributed by atoms with Gasteiger partial charge in [-0.3, -0.25) is 19.2 Å². The van der Waals surface area contributed by atoms with E-state index in [4.69, 9.17) is 10.8 Å². The minimum Gasteiger partial charge on any atom is -0.465 e. The van der Waals surface area contributed by atoms with Gasteiger partial charge < -0.3 is 41.9 Å². The van der Waals surface area contributed by atoms with Crippen LogP contribution in [-0.4, -0.2) is 102 Å². The minimum atomic E-state index is -1.75. The summed E-state index contributed by atoms with van der Waals surface area (Å²) in [6.07, 6.45) is 4.67. The smallest absolute Gasteiger partial charge is 0.404 e. The molecule has 2 aromatic carbocycles. The number of aromatic nitrogens is 3. The monoisotopic (exact) mass is 748 g/mol. The zero-order valence-corrected chi connectivity index (χ0v) is 30.8. The zero-order chi connectivity index (χ0) is 39.0. The number of amides is 5. The van der Waals surface area contributed by atoms with E-state index in [1.54, 1.807) is 26.0 Å². The maximum Gasteiger partial charge on any atom is 0.404 e. The molecule has 1 aliphatic heterocycles. The maximum atomic E-state index is 14.8. The molecule has 16 heteroatoms. The number of benzene rings is 2. The fourth-order valence-corrected chi connectivity index (χ4v) is 7.66. The van der Waals surface area contributed by atoms with Crippen molar-refractivity contribution in [3.63, 3.8) is 0 Å². The van der Waals surface area contributed by atoms with Gasteiger partial charge in [-0.25, -0.2) is 9.48 Å². The Morgan fingerprint density at radius 1 is 1.00 bits per heavy atom. The van der Waals surface area contributed by atoms with E-state index in [1.165, 1.54) is 15.8 Å². The quantitative estimate of drug-likeness (QED) is 0.106. The van der Waals surface area contributed by atoms with E-state index in [0.717, 1.165) is 42.9 Å². The first-order chi connectivity index (χ1) is 25.7. The van der Waals surface area contributed by atoms with Gasteiger partial charge in [0.05, 0.1) is 24.0 Å². The number of carbonyl (C=O) groups is 5. The van der Waals surface area contributed by atoms with Gasteiger partial charge in [-0.15, -0.1) is 5.10 Å². The molecule has 2 unspecified atom stereocenters. The van der Waals surface area contributed by atoms with Crippen molar-refractivity contribution in [3.05, 3.63) is 59.9 Å². The molecule has 0 spiro atoms. The molecule has 2 heterocycles. The van der Waals surface area contributed by atoms with E-state index in [1.807, 2.05) is 30.3 Å². The summed E-state index contributed by atoms with van der Waals surface area (Å²) in [6.45, 7) is 3.29. The summed E-state index contributed by atoms with van der Waals surface area (Å²) in [5, 5.41) is 48.5. The van der Waals surface area contributed by atoms with Gasteiger partial charge in [-0.2, -0.15) is 0 Å². The lowest BCUT2D eigenvalue weighted by atomic mass is 9.84. The topological polar surface area (TPSA) is 242 Å². The predicted molar refractivity (Wildman–Crippen MR) is 198 cm³/mol. The van der Waals surface area contributed by atoms with Gasteiger partial charge in [0.15, 0.2) is 6.10 Å². The number of carboxylic acid groups (broad SMARTS) is 1. The van der Waals surface area contributed by atoms with Crippen LogP contribution < -0.4 is 21.7 Å². The third-order valence-electron chi connectivity index (χ3n) is 10.5. The molecular formula is C38H52N8O8. The zero-order valence-electron chi connectivity index (χ0n) is 30.8. The van der Waals surface area contributed by atoms with E-state index in [-0.39, 0.29) is 31.8 Å². The fraction of sp³-hybridized carbons (Fsp3) is 0.553. The van der Waals surface area contributed by atoms with Gasteiger partial charge in [-0.05, 0) is 68.4 Å². The Hall–Kier alpha value is -5.09. The molecule has 2 fully saturated rings. The summed E-state index contributed by atoms with van der Waals surface area (Å²) in [7, 11) is 0. The lowest BCUT2D eigenvalue weighted by Gasteiger charge is -2.32. The number of aliphatic hydroxyl groups excluding tert-OH is 1. The van der Waals surface area contributed by atoms with Gasteiger partial charge in [0, 0.05) is 25.1 Å². The minimum absolute atomic E-state index is 0.000267. The molecule has 292 valence electrons. The third-order valence-corrected chi connectivity index (χ3v) is 10.5. The Morgan fingerprint density at radius 2 is 1.72 bits per heavy atom. The number of unbranched alkanes of at least 4 members (excludes halogenated alkanes) is 1. The average Bonchev–Trinajstić information content (AvgIpc) is 3.82. The van der Waals surface area contributed by atoms with Crippen LogP contribution in [0.3, 0.4) is 0 Å². The Balaban J connectivity index is 1.44. The second-order valence-corrected chi connectivity index (χ2v) is 15.0. The van der Waals surface area contributed by atoms with Crippen molar-refractivity contribution in [1.29, 1.82) is 0 Å². The van der Waals surface area contributed by atoms with Gasteiger partial charge in [0.25, 0.3) is 5.91 Å². The number of nitrogens with one attached hydrogen (secondary N) is 3. The molecule has 5 rings (SSSR count). The van der Waals surface area contributed by atoms with Crippen LogP contribution >= 0.6 is 0 Å². The summed E-state index contributed by atoms with van der Waals surface area (Å²) in [4.78, 5) is 67.2. The Labute approximate surface area is 313 Å². The van der Waals surface area contributed by atoms with E-state index >= 15 is 0 Å². The second kappa shape index (κ2) is 17.8. The summed E-state index contributed by atoms with van der Waals surface area (Å²) >= 11 is 0. The highest BCUT2D eigenvalue weighted by molar-refractivity contribution is 6.01. The SMILES string of the molecule is CC(C)(O)c1cnnn1[C@@H]1C[C@@H](C(=O)NC(CCCCNC(=O)O)C(O)C(N)=O)N(C(=O)[C@@H](CC2CCCCC2)NC(=O)c2ccc3ccccc3c2)C1. The van der Waals surface area contributed by atoms with Gasteiger partial charge in [-0.1, -0.05) is 67.6 Å². The van der Waals surface area contributed by atoms with E-state index < -0.39 is 65.6 Å². The molecule has 5 amide bonds. The summed E-state index contributed by atoms with van der Waals surface area (Å²) in [5.74, 6) is -2.41. The molecule has 1 aromatic heterocycles. The van der Waals surface area contributed by atoms with Crippen LogP contribution in [0.25, 0.3) is 10.8 Å². The molecular weight excluding hydrogens is 696 g/mol. The van der Waals surface area contributed by atoms with Crippen molar-refractivity contribution in [2.24, 2.45) is 11.7 Å². The highest BCUT2D eigenvalue weighted by atomic mass is 16.4. The van der Waals surface area contributed by atoms with Crippen molar-refractivity contribution in [3.8, 4) is 0 Å². The predicted octanol–water partition coefficient (Wildman–Crippen LogP) is 2.34. The molecule has 54 heavy (non-hydrogen) atoms. The Kier molecular flexibility index (Phi) is 13.2. The number of likely N-dealkylation sites (tertiary alicyclic amines) is 1. The first-order valence-corrected chi connectivity index (χ1v) is 18.7. The van der Waals surface area contributed by atoms with Crippen LogP contribution in [0.1, 0.15) is 100 Å². The van der Waals surface area contributed by atoms with Gasteiger partial charge in [0.2, 0.25) is 17.7 Å². The van der Waals surface area contributed by atoms with Crippen molar-refractivity contribution < 1.29 is 39.3 Å². The molecule has 1 saturated carbocycles. The lowest BCUT2D eigenvalue weighted by molar-refractivity contribution is -0.141. The Bertz CT molecular complexity index is 1800. The van der Waals surface area contributed by atoms with E-state index in [0.29, 0.717) is 30.5 Å². The molecule has 2 aliphatic rings. The molecule has 1 aliphatic carbocycles. The lowest BCUT2D eigenvalue weighted by Crippen LogP contribution is -2.57. The van der Waals surface area contributed by atoms with E-state index in [2.05, 4.69) is 26.3 Å². The van der Waals surface area contributed by atoms with Crippen molar-refractivity contribution >= 4 is 40.5 Å². The van der Waals surface area contributed by atoms with Crippen molar-refractivity contribution in [2.75, 3.05) is 13.1 Å². The highest BCUT2D eigenvalue weighted by Crippen LogP contribution is 2.34. The summed E-state index contributed by atoms with van der Waals surface area (Å²) in [5.41, 5.74) is 4.85. The normalized spacial score (nSPS) is 19.5. The molecule has 0 bridgehead atoms. The number of nitrogens with zero attached hydrogens (tertiary/aromatic N) is 4. The largest absolute Gasteiger partial charge is 0.465 e. The number of fused-ring (bicyclic) bond motifs is 1. The molecule has 0 radical (unpaired) electrons. The van der Waals surface area contributed by atoms with E-state index in [9.17, 15) is 34.2 Å². The van der Waals surface area contributed by atoms with Crippen LogP contribution in [0.15, 0.2) is 48.7 Å². The number of aliphatic hydroxyl groups is 2. The number of nitrogens with two attached hydrogens (primary N) is 1. The fourth-order valence-electron chi connectivity index (χ4n) is 7.66.